The first-order valence-electron chi connectivity index (χ1n) is 12.8. The number of ether oxygens (including phenoxy) is 3. The highest BCUT2D eigenvalue weighted by Gasteiger charge is 2.31. The van der Waals surface area contributed by atoms with Gasteiger partial charge in [-0.1, -0.05) is 18.2 Å². The van der Waals surface area contributed by atoms with Gasteiger partial charge < -0.3 is 29.5 Å². The number of fused-ring (bicyclic) bond motifs is 1. The second kappa shape index (κ2) is 12.8. The third kappa shape index (κ3) is 6.76. The van der Waals surface area contributed by atoms with Crippen LogP contribution in [-0.2, 0) is 23.8 Å². The van der Waals surface area contributed by atoms with E-state index in [-0.39, 0.29) is 55.8 Å². The number of rotatable bonds is 12. The number of benzene rings is 1. The number of aliphatic hydroxyl groups excluding tert-OH is 1. The highest BCUT2D eigenvalue weighted by molar-refractivity contribution is 5.95. The van der Waals surface area contributed by atoms with Crippen LogP contribution in [0.15, 0.2) is 42.3 Å². The molecule has 0 spiro atoms. The van der Waals surface area contributed by atoms with Crippen molar-refractivity contribution < 1.29 is 33.7 Å². The molecule has 2 aliphatic rings. The molecule has 2 amide bonds. The lowest BCUT2D eigenvalue weighted by atomic mass is 9.92. The number of aliphatic hydroxyl groups is 1. The fourth-order valence-electron chi connectivity index (χ4n) is 4.80. The van der Waals surface area contributed by atoms with Gasteiger partial charge >= 0.3 is 0 Å². The number of nitrogens with zero attached hydrogens (tertiary/aromatic N) is 2. The monoisotopic (exact) mass is 513 g/mol. The Bertz CT molecular complexity index is 1140. The van der Waals surface area contributed by atoms with Crippen LogP contribution in [0, 0.1) is 0 Å². The number of hydrogen-bond acceptors (Lipinski definition) is 7. The fraction of sp³-hybridized carbons (Fsp3) is 0.519. The van der Waals surface area contributed by atoms with Gasteiger partial charge in [0, 0.05) is 56.9 Å². The van der Waals surface area contributed by atoms with Crippen molar-refractivity contribution >= 4 is 28.6 Å². The van der Waals surface area contributed by atoms with Crippen LogP contribution in [-0.4, -0.2) is 84.6 Å². The molecule has 1 aromatic heterocycles. The number of carbonyl (C=O) groups is 3. The van der Waals surface area contributed by atoms with E-state index in [1.807, 2.05) is 35.4 Å². The second-order valence-electron chi connectivity index (χ2n) is 9.21. The molecule has 2 atom stereocenters. The zero-order valence-electron chi connectivity index (χ0n) is 21.2. The minimum absolute atomic E-state index is 0.0683. The summed E-state index contributed by atoms with van der Waals surface area (Å²) in [6.07, 6.45) is 5.52. The molecule has 4 rings (SSSR count). The highest BCUT2D eigenvalue weighted by Crippen LogP contribution is 2.36. The van der Waals surface area contributed by atoms with Gasteiger partial charge in [-0.15, -0.1) is 0 Å². The predicted octanol–water partition coefficient (Wildman–Crippen LogP) is 2.17. The summed E-state index contributed by atoms with van der Waals surface area (Å²) in [6, 6.07) is 7.67. The number of hydrogen-bond donors (Lipinski definition) is 2. The number of allylic oxidation sites excluding steroid dienone is 1. The molecule has 2 N–H and O–H groups in total. The SMILES string of the molecule is CC(=O)n1cc([C@@H]2C=C(C(=O)NCCCN3CCCC3=O)O[C@H](OCCOCCO)C2)c2ccccc21. The molecule has 0 radical (unpaired) electrons. The van der Waals surface area contributed by atoms with E-state index in [0.29, 0.717) is 32.4 Å². The summed E-state index contributed by atoms with van der Waals surface area (Å²) < 4.78 is 18.7. The summed E-state index contributed by atoms with van der Waals surface area (Å²) in [6.45, 7) is 4.00. The third-order valence-corrected chi connectivity index (χ3v) is 6.59. The summed E-state index contributed by atoms with van der Waals surface area (Å²) in [5, 5.41) is 12.7. The lowest BCUT2D eigenvalue weighted by Crippen LogP contribution is -2.35. The molecule has 0 unspecified atom stereocenters. The molecule has 0 saturated carbocycles. The lowest BCUT2D eigenvalue weighted by Gasteiger charge is -2.29. The van der Waals surface area contributed by atoms with E-state index in [1.54, 1.807) is 10.6 Å². The Balaban J connectivity index is 1.47. The Kier molecular flexibility index (Phi) is 9.32. The van der Waals surface area contributed by atoms with E-state index in [9.17, 15) is 14.4 Å². The molecule has 3 heterocycles. The number of nitrogens with one attached hydrogen (secondary N) is 1. The number of carbonyl (C=O) groups excluding carboxylic acids is 3. The molecule has 10 heteroatoms. The van der Waals surface area contributed by atoms with Gasteiger partial charge in [-0.2, -0.15) is 0 Å². The van der Waals surface area contributed by atoms with E-state index in [2.05, 4.69) is 5.32 Å². The highest BCUT2D eigenvalue weighted by atomic mass is 16.7. The Morgan fingerprint density at radius 2 is 2.05 bits per heavy atom. The molecule has 1 aromatic carbocycles. The van der Waals surface area contributed by atoms with Crippen LogP contribution in [0.1, 0.15) is 48.9 Å². The summed E-state index contributed by atoms with van der Waals surface area (Å²) in [5.41, 5.74) is 1.72. The summed E-state index contributed by atoms with van der Waals surface area (Å²) in [4.78, 5) is 38.9. The Morgan fingerprint density at radius 3 is 2.81 bits per heavy atom. The van der Waals surface area contributed by atoms with Gasteiger partial charge in [-0.05, 0) is 30.5 Å². The summed E-state index contributed by atoms with van der Waals surface area (Å²) in [7, 11) is 0. The molecule has 0 bridgehead atoms. The summed E-state index contributed by atoms with van der Waals surface area (Å²) >= 11 is 0. The number of para-hydroxylation sites is 1. The second-order valence-corrected chi connectivity index (χ2v) is 9.21. The van der Waals surface area contributed by atoms with Gasteiger partial charge in [0.2, 0.25) is 18.1 Å². The molecule has 1 fully saturated rings. The maximum absolute atomic E-state index is 13.0. The first-order chi connectivity index (χ1) is 18.0. The molecule has 10 nitrogen and oxygen atoms in total. The Labute approximate surface area is 216 Å². The van der Waals surface area contributed by atoms with Crippen molar-refractivity contribution in [3.05, 3.63) is 47.9 Å². The molecule has 0 aliphatic carbocycles. The van der Waals surface area contributed by atoms with E-state index in [4.69, 9.17) is 19.3 Å². The molecule has 37 heavy (non-hydrogen) atoms. The topological polar surface area (TPSA) is 119 Å². The van der Waals surface area contributed by atoms with Crippen LogP contribution in [0.2, 0.25) is 0 Å². The van der Waals surface area contributed by atoms with Crippen molar-refractivity contribution in [2.75, 3.05) is 46.1 Å². The molecular formula is C27H35N3O7. The Morgan fingerprint density at radius 1 is 1.22 bits per heavy atom. The van der Waals surface area contributed by atoms with E-state index in [1.165, 1.54) is 6.92 Å². The van der Waals surface area contributed by atoms with Gasteiger partial charge in [-0.25, -0.2) is 0 Å². The smallest absolute Gasteiger partial charge is 0.286 e. The maximum atomic E-state index is 13.0. The third-order valence-electron chi connectivity index (χ3n) is 6.59. The van der Waals surface area contributed by atoms with Crippen molar-refractivity contribution in [3.63, 3.8) is 0 Å². The van der Waals surface area contributed by atoms with Crippen molar-refractivity contribution in [3.8, 4) is 0 Å². The average molecular weight is 514 g/mol. The van der Waals surface area contributed by atoms with Gasteiger partial charge in [0.15, 0.2) is 5.76 Å². The van der Waals surface area contributed by atoms with Crippen LogP contribution in [0.4, 0.5) is 0 Å². The van der Waals surface area contributed by atoms with E-state index < -0.39 is 6.29 Å². The number of aromatic nitrogens is 1. The molecule has 2 aromatic rings. The van der Waals surface area contributed by atoms with E-state index >= 15 is 0 Å². The normalized spacial score (nSPS) is 19.7. The van der Waals surface area contributed by atoms with Crippen LogP contribution in [0.5, 0.6) is 0 Å². The zero-order valence-corrected chi connectivity index (χ0v) is 21.2. The van der Waals surface area contributed by atoms with Crippen molar-refractivity contribution in [2.24, 2.45) is 0 Å². The first kappa shape index (κ1) is 26.8. The van der Waals surface area contributed by atoms with Crippen molar-refractivity contribution in [2.45, 2.75) is 44.8 Å². The standard InChI is InChI=1S/C27H35N3O7/c1-19(32)30-18-22(21-6-2-3-7-23(21)30)20-16-24(37-26(17-20)36-15-14-35-13-12-31)27(34)28-9-5-11-29-10-4-8-25(29)33/h2-3,6-7,16,18,20,26,31H,4-5,8-15,17H2,1H3,(H,28,34)/t20-,26+/m1/s1. The maximum Gasteiger partial charge on any atom is 0.286 e. The average Bonchev–Trinajstić information content (AvgIpc) is 3.49. The van der Waals surface area contributed by atoms with Gasteiger partial charge in [0.25, 0.3) is 5.91 Å². The number of amides is 2. The van der Waals surface area contributed by atoms with Gasteiger partial charge in [-0.3, -0.25) is 19.0 Å². The van der Waals surface area contributed by atoms with Crippen LogP contribution < -0.4 is 5.32 Å². The van der Waals surface area contributed by atoms with E-state index in [0.717, 1.165) is 29.4 Å². The molecule has 1 saturated heterocycles. The largest absolute Gasteiger partial charge is 0.459 e. The van der Waals surface area contributed by atoms with Crippen molar-refractivity contribution in [1.82, 2.24) is 14.8 Å². The van der Waals surface area contributed by atoms with Crippen LogP contribution in [0.3, 0.4) is 0 Å². The predicted molar refractivity (Wildman–Crippen MR) is 136 cm³/mol. The Hall–Kier alpha value is -3.21. The zero-order chi connectivity index (χ0) is 26.2. The van der Waals surface area contributed by atoms with Gasteiger partial charge in [0.05, 0.1) is 31.9 Å². The number of likely N-dealkylation sites (tertiary alicyclic amines) is 1. The minimum atomic E-state index is -0.685. The first-order valence-corrected chi connectivity index (χ1v) is 12.8. The minimum Gasteiger partial charge on any atom is -0.459 e. The lowest BCUT2D eigenvalue weighted by molar-refractivity contribution is -0.151. The molecule has 200 valence electrons. The van der Waals surface area contributed by atoms with Crippen LogP contribution in [0.25, 0.3) is 10.9 Å². The van der Waals surface area contributed by atoms with Crippen molar-refractivity contribution in [1.29, 1.82) is 0 Å². The van der Waals surface area contributed by atoms with Crippen LogP contribution >= 0.6 is 0 Å². The quantitative estimate of drug-likeness (QED) is 0.418. The molecular weight excluding hydrogens is 478 g/mol. The summed E-state index contributed by atoms with van der Waals surface area (Å²) in [5.74, 6) is -0.333. The molecule has 2 aliphatic heterocycles. The fourth-order valence-corrected chi connectivity index (χ4v) is 4.80. The van der Waals surface area contributed by atoms with Gasteiger partial charge in [0.1, 0.15) is 0 Å².